The maximum Gasteiger partial charge on any atom is 0.306 e. The first-order valence-electron chi connectivity index (χ1n) is 15.7. The number of esters is 2. The minimum absolute atomic E-state index is 0.0479. The summed E-state index contributed by atoms with van der Waals surface area (Å²) < 4.78 is 31.2. The third-order valence-electron chi connectivity index (χ3n) is 8.88. The lowest BCUT2D eigenvalue weighted by molar-refractivity contribution is -0.189. The number of carbonyl (C=O) groups excluding carboxylic acids is 3. The van der Waals surface area contributed by atoms with Crippen LogP contribution in [-0.4, -0.2) is 48.2 Å². The van der Waals surface area contributed by atoms with Crippen LogP contribution in [-0.2, 0) is 26.1 Å². The maximum atomic E-state index is 14.2. The molecule has 0 fully saturated rings. The topological polar surface area (TPSA) is 119 Å². The fourth-order valence-corrected chi connectivity index (χ4v) is 6.54. The van der Waals surface area contributed by atoms with Gasteiger partial charge >= 0.3 is 11.9 Å². The zero-order valence-electron chi connectivity index (χ0n) is 27.7. The Kier molecular flexibility index (Phi) is 8.59. The Balaban J connectivity index is 1.39. The van der Waals surface area contributed by atoms with Crippen molar-refractivity contribution in [2.24, 2.45) is 7.05 Å². The molecule has 0 radical (unpaired) electrons. The minimum Gasteiger partial charge on any atom is -0.497 e. The van der Waals surface area contributed by atoms with Crippen LogP contribution in [0.1, 0.15) is 62.1 Å². The van der Waals surface area contributed by atoms with E-state index in [2.05, 4.69) is 0 Å². The summed E-state index contributed by atoms with van der Waals surface area (Å²) in [5, 5.41) is 2.64. The van der Waals surface area contributed by atoms with Crippen molar-refractivity contribution < 1.29 is 38.1 Å². The number of carbonyl (C=O) groups is 3. The van der Waals surface area contributed by atoms with Gasteiger partial charge in [-0.15, -0.1) is 0 Å². The summed E-state index contributed by atoms with van der Waals surface area (Å²) >= 11 is 0. The number of benzene rings is 4. The molecule has 1 aliphatic heterocycles. The molecule has 2 atom stereocenters. The first kappa shape index (κ1) is 32.6. The number of methoxy groups -OCH3 is 2. The van der Waals surface area contributed by atoms with E-state index in [1.165, 1.54) is 14.0 Å². The van der Waals surface area contributed by atoms with Crippen LogP contribution in [0.25, 0.3) is 32.6 Å². The van der Waals surface area contributed by atoms with E-state index in [-0.39, 0.29) is 35.9 Å². The highest BCUT2D eigenvalue weighted by molar-refractivity contribution is 6.04. The molecule has 1 aromatic heterocycles. The van der Waals surface area contributed by atoms with E-state index in [0.717, 1.165) is 10.8 Å². The predicted molar refractivity (Wildman–Crippen MR) is 181 cm³/mol. The molecule has 0 saturated carbocycles. The number of hydrogen-bond donors (Lipinski definition) is 0. The maximum absolute atomic E-state index is 14.2. The number of pyridine rings is 1. The molecule has 0 unspecified atom stereocenters. The molecule has 0 spiro atoms. The third kappa shape index (κ3) is 5.83. The van der Waals surface area contributed by atoms with Gasteiger partial charge in [-0.25, -0.2) is 0 Å². The van der Waals surface area contributed by atoms with E-state index in [9.17, 15) is 19.2 Å². The average molecular weight is 652 g/mol. The minimum atomic E-state index is -1.16. The number of Topliss-reactive ketones (excluding diaryl/α,β-unsaturated/α-hetero) is 1. The van der Waals surface area contributed by atoms with Crippen LogP contribution in [0.2, 0.25) is 0 Å². The SMILES string of the molecule is COc1ccc(C(=O)CCCC(=O)O[C@H]2[C@@H](OC(C)=O)c3c(cc(OC)c4c(=O)c5cc6ccccc6cc5n(C)c34)OC2(C)C)cc1. The summed E-state index contributed by atoms with van der Waals surface area (Å²) in [4.78, 5) is 52.9. The van der Waals surface area contributed by atoms with Crippen molar-refractivity contribution in [3.8, 4) is 17.2 Å². The summed E-state index contributed by atoms with van der Waals surface area (Å²) in [7, 11) is 4.85. The van der Waals surface area contributed by atoms with Crippen molar-refractivity contribution in [2.75, 3.05) is 14.2 Å². The second-order valence-corrected chi connectivity index (χ2v) is 12.5. The molecule has 0 amide bonds. The Morgan fingerprint density at radius 3 is 2.23 bits per heavy atom. The van der Waals surface area contributed by atoms with Crippen molar-refractivity contribution in [2.45, 2.75) is 57.8 Å². The van der Waals surface area contributed by atoms with Gasteiger partial charge in [0.2, 0.25) is 5.43 Å². The molecule has 48 heavy (non-hydrogen) atoms. The quantitative estimate of drug-likeness (QED) is 0.0986. The fraction of sp³-hybridized carbons (Fsp3) is 0.316. The molecular weight excluding hydrogens is 614 g/mol. The van der Waals surface area contributed by atoms with Crippen molar-refractivity contribution in [1.82, 2.24) is 4.57 Å². The highest BCUT2D eigenvalue weighted by Crippen LogP contribution is 2.49. The highest BCUT2D eigenvalue weighted by Gasteiger charge is 2.50. The van der Waals surface area contributed by atoms with Crippen LogP contribution in [0.3, 0.4) is 0 Å². The predicted octanol–water partition coefficient (Wildman–Crippen LogP) is 6.60. The van der Waals surface area contributed by atoms with Gasteiger partial charge in [0.15, 0.2) is 18.0 Å². The van der Waals surface area contributed by atoms with Crippen molar-refractivity contribution in [3.63, 3.8) is 0 Å². The van der Waals surface area contributed by atoms with Gasteiger partial charge in [-0.05, 0) is 67.4 Å². The lowest BCUT2D eigenvalue weighted by Gasteiger charge is -2.43. The second kappa shape index (κ2) is 12.7. The van der Waals surface area contributed by atoms with Gasteiger partial charge in [-0.2, -0.15) is 0 Å². The Bertz CT molecular complexity index is 2150. The van der Waals surface area contributed by atoms with E-state index in [4.69, 9.17) is 23.7 Å². The molecule has 4 aromatic carbocycles. The van der Waals surface area contributed by atoms with Crippen molar-refractivity contribution in [3.05, 3.63) is 88.1 Å². The average Bonchev–Trinajstić information content (AvgIpc) is 3.06. The number of aryl methyl sites for hydroxylation is 1. The largest absolute Gasteiger partial charge is 0.497 e. The molecule has 1 aliphatic rings. The normalized spacial score (nSPS) is 16.6. The first-order valence-corrected chi connectivity index (χ1v) is 15.7. The number of nitrogens with zero attached hydrogens (tertiary/aromatic N) is 1. The third-order valence-corrected chi connectivity index (χ3v) is 8.88. The van der Waals surface area contributed by atoms with Crippen molar-refractivity contribution in [1.29, 1.82) is 0 Å². The highest BCUT2D eigenvalue weighted by atomic mass is 16.6. The van der Waals surface area contributed by atoms with E-state index in [1.807, 2.05) is 48.0 Å². The van der Waals surface area contributed by atoms with E-state index < -0.39 is 29.7 Å². The zero-order valence-corrected chi connectivity index (χ0v) is 27.7. The monoisotopic (exact) mass is 651 g/mol. The molecule has 0 N–H and O–H groups in total. The summed E-state index contributed by atoms with van der Waals surface area (Å²) in [6, 6.07) is 20.0. The lowest BCUT2D eigenvalue weighted by Crippen LogP contribution is -2.52. The molecule has 2 heterocycles. The number of aromatic nitrogens is 1. The molecule has 0 aliphatic carbocycles. The summed E-state index contributed by atoms with van der Waals surface area (Å²) in [5.41, 5.74) is 0.582. The van der Waals surface area contributed by atoms with Gasteiger partial charge in [-0.3, -0.25) is 19.2 Å². The number of hydrogen-bond acceptors (Lipinski definition) is 9. The fourth-order valence-electron chi connectivity index (χ4n) is 6.54. The molecule has 0 saturated heterocycles. The van der Waals surface area contributed by atoms with Crippen LogP contribution in [0.5, 0.6) is 17.2 Å². The molecule has 0 bridgehead atoms. The van der Waals surface area contributed by atoms with Gasteiger partial charge in [0, 0.05) is 43.8 Å². The van der Waals surface area contributed by atoms with Crippen LogP contribution in [0.15, 0.2) is 71.5 Å². The Labute approximate surface area is 277 Å². The van der Waals surface area contributed by atoms with Gasteiger partial charge < -0.3 is 28.3 Å². The Morgan fingerprint density at radius 2 is 1.58 bits per heavy atom. The lowest BCUT2D eigenvalue weighted by atomic mass is 9.86. The molecule has 10 nitrogen and oxygen atoms in total. The van der Waals surface area contributed by atoms with Crippen molar-refractivity contribution >= 4 is 50.3 Å². The molecule has 5 aromatic rings. The van der Waals surface area contributed by atoms with Crippen LogP contribution in [0, 0.1) is 0 Å². The van der Waals surface area contributed by atoms with Crippen LogP contribution >= 0.6 is 0 Å². The number of fused-ring (bicyclic) bond motifs is 5. The van der Waals surface area contributed by atoms with Gasteiger partial charge in [0.1, 0.15) is 22.8 Å². The van der Waals surface area contributed by atoms with E-state index >= 15 is 0 Å². The summed E-state index contributed by atoms with van der Waals surface area (Å²) in [6.07, 6.45) is -1.87. The molecule has 6 rings (SSSR count). The van der Waals surface area contributed by atoms with Crippen LogP contribution < -0.4 is 19.6 Å². The first-order chi connectivity index (χ1) is 22.9. The Hall–Kier alpha value is -5.38. The number of ether oxygens (including phenoxy) is 5. The van der Waals surface area contributed by atoms with Gasteiger partial charge in [0.25, 0.3) is 0 Å². The zero-order chi connectivity index (χ0) is 34.3. The standard InChI is InChI=1S/C38H37NO9/c1-21(40)46-36-33-30(48-38(2,3)37(36)47-31(42)13-9-12-28(41)22-14-16-25(44-5)17-15-22)20-29(45-6)32-34(33)39(4)27-19-24-11-8-7-10-23(24)18-26(27)35(32)43/h7-8,10-11,14-20,36-37H,9,12-13H2,1-6H3/t36-,37-/m0/s1. The van der Waals surface area contributed by atoms with E-state index in [1.54, 1.807) is 51.3 Å². The molecule has 248 valence electrons. The molecule has 10 heteroatoms. The molecular formula is C38H37NO9. The second-order valence-electron chi connectivity index (χ2n) is 12.5. The number of rotatable bonds is 9. The Morgan fingerprint density at radius 1 is 0.896 bits per heavy atom. The van der Waals surface area contributed by atoms with E-state index in [0.29, 0.717) is 44.8 Å². The van der Waals surface area contributed by atoms with Crippen LogP contribution in [0.4, 0.5) is 0 Å². The van der Waals surface area contributed by atoms with Gasteiger partial charge in [-0.1, -0.05) is 24.3 Å². The number of ketones is 1. The van der Waals surface area contributed by atoms with Gasteiger partial charge in [0.05, 0.1) is 36.2 Å². The summed E-state index contributed by atoms with van der Waals surface area (Å²) in [6.45, 7) is 4.75. The smallest absolute Gasteiger partial charge is 0.306 e. The summed E-state index contributed by atoms with van der Waals surface area (Å²) in [5.74, 6) is -0.0139.